The largest absolute Gasteiger partial charge is 0.497 e. The van der Waals surface area contributed by atoms with Gasteiger partial charge in [0.15, 0.2) is 0 Å². The molecule has 5 heteroatoms. The Kier molecular flexibility index (Phi) is 6.52. The predicted molar refractivity (Wildman–Crippen MR) is 84.1 cm³/mol. The second-order valence-corrected chi connectivity index (χ2v) is 5.70. The number of rotatable bonds is 7. The maximum atomic E-state index is 11.8. The number of hydrogen-bond acceptors (Lipinski definition) is 4. The van der Waals surface area contributed by atoms with Crippen LogP contribution in [-0.4, -0.2) is 36.9 Å². The molecule has 0 spiro atoms. The van der Waals surface area contributed by atoms with Crippen molar-refractivity contribution in [2.75, 3.05) is 13.7 Å². The Morgan fingerprint density at radius 3 is 2.45 bits per heavy atom. The van der Waals surface area contributed by atoms with Gasteiger partial charge in [-0.15, -0.1) is 0 Å². The quantitative estimate of drug-likeness (QED) is 0.758. The van der Waals surface area contributed by atoms with E-state index in [2.05, 4.69) is 5.32 Å². The van der Waals surface area contributed by atoms with Crippen LogP contribution in [0.25, 0.3) is 0 Å². The second kappa shape index (κ2) is 8.63. The Morgan fingerprint density at radius 1 is 1.18 bits per heavy atom. The summed E-state index contributed by atoms with van der Waals surface area (Å²) in [5.74, 6) is 1.64. The number of nitrogens with one attached hydrogen (secondary N) is 1. The first-order valence-corrected chi connectivity index (χ1v) is 7.91. The summed E-state index contributed by atoms with van der Waals surface area (Å²) in [6.45, 7) is 0.517. The molecule has 2 N–H and O–H groups in total. The summed E-state index contributed by atoms with van der Waals surface area (Å²) >= 11 is 0. The van der Waals surface area contributed by atoms with E-state index >= 15 is 0 Å². The van der Waals surface area contributed by atoms with Crippen molar-refractivity contribution in [1.29, 1.82) is 0 Å². The van der Waals surface area contributed by atoms with Gasteiger partial charge in [-0.2, -0.15) is 0 Å². The fraction of sp³-hybridized carbons (Fsp3) is 0.588. The summed E-state index contributed by atoms with van der Waals surface area (Å²) in [6.07, 6.45) is 4.27. The number of benzene rings is 1. The standard InChI is InChI=1S/C17H25NO4/c1-21-15-8-10-16(11-9-15)22-12-2-3-17(20)18-13-4-6-14(19)7-5-13/h8-11,13-14,19H,2-7,12H2,1H3,(H,18,20). The monoisotopic (exact) mass is 307 g/mol. The van der Waals surface area contributed by atoms with Gasteiger partial charge in [-0.3, -0.25) is 4.79 Å². The SMILES string of the molecule is COc1ccc(OCCCC(=O)NC2CCC(O)CC2)cc1. The van der Waals surface area contributed by atoms with E-state index in [-0.39, 0.29) is 18.1 Å². The smallest absolute Gasteiger partial charge is 0.220 e. The van der Waals surface area contributed by atoms with Crippen molar-refractivity contribution in [2.45, 2.75) is 50.7 Å². The van der Waals surface area contributed by atoms with Gasteiger partial charge in [0.25, 0.3) is 0 Å². The highest BCUT2D eigenvalue weighted by molar-refractivity contribution is 5.76. The maximum absolute atomic E-state index is 11.8. The molecule has 0 unspecified atom stereocenters. The fourth-order valence-electron chi connectivity index (χ4n) is 2.61. The zero-order valence-electron chi connectivity index (χ0n) is 13.1. The van der Waals surface area contributed by atoms with Crippen LogP contribution < -0.4 is 14.8 Å². The number of carbonyl (C=O) groups is 1. The number of carbonyl (C=O) groups excluding carboxylic acids is 1. The van der Waals surface area contributed by atoms with Gasteiger partial charge >= 0.3 is 0 Å². The van der Waals surface area contributed by atoms with Crippen LogP contribution >= 0.6 is 0 Å². The summed E-state index contributed by atoms with van der Waals surface area (Å²) in [6, 6.07) is 7.62. The molecule has 0 radical (unpaired) electrons. The van der Waals surface area contributed by atoms with Gasteiger partial charge in [0.2, 0.25) is 5.91 Å². The molecule has 1 aliphatic rings. The average Bonchev–Trinajstić information content (AvgIpc) is 2.54. The highest BCUT2D eigenvalue weighted by Gasteiger charge is 2.20. The molecule has 5 nitrogen and oxygen atoms in total. The molecule has 0 saturated heterocycles. The van der Waals surface area contributed by atoms with Gasteiger partial charge in [0.05, 0.1) is 19.8 Å². The molecule has 122 valence electrons. The Bertz CT molecular complexity index is 452. The lowest BCUT2D eigenvalue weighted by Crippen LogP contribution is -2.38. The minimum absolute atomic E-state index is 0.0692. The number of hydrogen-bond donors (Lipinski definition) is 2. The zero-order valence-corrected chi connectivity index (χ0v) is 13.1. The maximum Gasteiger partial charge on any atom is 0.220 e. The number of amides is 1. The zero-order chi connectivity index (χ0) is 15.8. The molecule has 0 heterocycles. The predicted octanol–water partition coefficient (Wildman–Crippen LogP) is 2.27. The lowest BCUT2D eigenvalue weighted by Gasteiger charge is -2.26. The second-order valence-electron chi connectivity index (χ2n) is 5.70. The Morgan fingerprint density at radius 2 is 1.82 bits per heavy atom. The lowest BCUT2D eigenvalue weighted by molar-refractivity contribution is -0.122. The molecular weight excluding hydrogens is 282 g/mol. The third kappa shape index (κ3) is 5.56. The van der Waals surface area contributed by atoms with Crippen molar-refractivity contribution in [2.24, 2.45) is 0 Å². The molecule has 2 rings (SSSR count). The van der Waals surface area contributed by atoms with Gasteiger partial charge in [-0.1, -0.05) is 0 Å². The normalized spacial score (nSPS) is 21.2. The third-order valence-corrected chi connectivity index (χ3v) is 3.94. The van der Waals surface area contributed by atoms with Gasteiger partial charge in [-0.25, -0.2) is 0 Å². The minimum Gasteiger partial charge on any atom is -0.497 e. The van der Waals surface area contributed by atoms with E-state index in [1.54, 1.807) is 7.11 Å². The van der Waals surface area contributed by atoms with Crippen molar-refractivity contribution in [3.05, 3.63) is 24.3 Å². The molecule has 0 atom stereocenters. The molecule has 0 bridgehead atoms. The van der Waals surface area contributed by atoms with Crippen LogP contribution in [0, 0.1) is 0 Å². The molecule has 0 aliphatic heterocycles. The summed E-state index contributed by atoms with van der Waals surface area (Å²) in [7, 11) is 1.63. The van der Waals surface area contributed by atoms with Crippen LogP contribution in [0.15, 0.2) is 24.3 Å². The van der Waals surface area contributed by atoms with Crippen LogP contribution in [0.3, 0.4) is 0 Å². The van der Waals surface area contributed by atoms with E-state index < -0.39 is 0 Å². The van der Waals surface area contributed by atoms with E-state index in [1.807, 2.05) is 24.3 Å². The summed E-state index contributed by atoms with van der Waals surface area (Å²) < 4.78 is 10.7. The lowest BCUT2D eigenvalue weighted by atomic mass is 9.93. The van der Waals surface area contributed by atoms with Crippen LogP contribution in [-0.2, 0) is 4.79 Å². The highest BCUT2D eigenvalue weighted by Crippen LogP contribution is 2.19. The van der Waals surface area contributed by atoms with Gasteiger partial charge in [-0.05, 0) is 56.4 Å². The molecule has 1 saturated carbocycles. The summed E-state index contributed by atoms with van der Waals surface area (Å²) in [4.78, 5) is 11.8. The molecular formula is C17H25NO4. The molecule has 22 heavy (non-hydrogen) atoms. The Hall–Kier alpha value is -1.75. The summed E-state index contributed by atoms with van der Waals surface area (Å²) in [5, 5.41) is 12.5. The molecule has 1 amide bonds. The molecule has 1 aromatic rings. The van der Waals surface area contributed by atoms with E-state index in [0.29, 0.717) is 19.4 Å². The van der Waals surface area contributed by atoms with Crippen molar-refractivity contribution < 1.29 is 19.4 Å². The molecule has 1 aliphatic carbocycles. The van der Waals surface area contributed by atoms with Crippen LogP contribution in [0.4, 0.5) is 0 Å². The van der Waals surface area contributed by atoms with Crippen LogP contribution in [0.1, 0.15) is 38.5 Å². The highest BCUT2D eigenvalue weighted by atomic mass is 16.5. The van der Waals surface area contributed by atoms with E-state index in [0.717, 1.165) is 37.2 Å². The number of ether oxygens (including phenoxy) is 2. The topological polar surface area (TPSA) is 67.8 Å². The first kappa shape index (κ1) is 16.6. The van der Waals surface area contributed by atoms with Gasteiger partial charge in [0.1, 0.15) is 11.5 Å². The first-order valence-electron chi connectivity index (χ1n) is 7.91. The Labute approximate surface area is 131 Å². The number of methoxy groups -OCH3 is 1. The first-order chi connectivity index (χ1) is 10.7. The van der Waals surface area contributed by atoms with E-state index in [4.69, 9.17) is 9.47 Å². The van der Waals surface area contributed by atoms with Crippen molar-refractivity contribution in [3.8, 4) is 11.5 Å². The Balaban J connectivity index is 1.58. The van der Waals surface area contributed by atoms with E-state index in [1.165, 1.54) is 0 Å². The van der Waals surface area contributed by atoms with Crippen LogP contribution in [0.2, 0.25) is 0 Å². The third-order valence-electron chi connectivity index (χ3n) is 3.94. The average molecular weight is 307 g/mol. The van der Waals surface area contributed by atoms with Crippen LogP contribution in [0.5, 0.6) is 11.5 Å². The van der Waals surface area contributed by atoms with E-state index in [9.17, 15) is 9.90 Å². The fourth-order valence-corrected chi connectivity index (χ4v) is 2.61. The minimum atomic E-state index is -0.189. The van der Waals surface area contributed by atoms with Crippen molar-refractivity contribution >= 4 is 5.91 Å². The van der Waals surface area contributed by atoms with Gasteiger partial charge < -0.3 is 19.9 Å². The molecule has 0 aromatic heterocycles. The molecule has 1 aromatic carbocycles. The van der Waals surface area contributed by atoms with Crippen molar-refractivity contribution in [3.63, 3.8) is 0 Å². The number of aliphatic hydroxyl groups is 1. The van der Waals surface area contributed by atoms with Gasteiger partial charge in [0, 0.05) is 12.5 Å². The summed E-state index contributed by atoms with van der Waals surface area (Å²) in [5.41, 5.74) is 0. The molecule has 1 fully saturated rings. The number of aliphatic hydroxyl groups excluding tert-OH is 1. The van der Waals surface area contributed by atoms with Crippen molar-refractivity contribution in [1.82, 2.24) is 5.32 Å².